The minimum Gasteiger partial charge on any atom is -0.480 e. The number of hydrogen-bond donors (Lipinski definition) is 1. The van der Waals surface area contributed by atoms with Crippen molar-refractivity contribution in [3.8, 4) is 0 Å². The van der Waals surface area contributed by atoms with E-state index < -0.39 is 17.6 Å². The molecule has 1 aliphatic rings. The first-order valence-corrected chi connectivity index (χ1v) is 8.40. The van der Waals surface area contributed by atoms with Crippen LogP contribution in [0.3, 0.4) is 0 Å². The van der Waals surface area contributed by atoms with Gasteiger partial charge in [-0.05, 0) is 16.7 Å². The second-order valence-electron chi connectivity index (χ2n) is 6.31. The van der Waals surface area contributed by atoms with Crippen LogP contribution in [0, 0.1) is 0 Å². The molecule has 1 aliphatic heterocycles. The van der Waals surface area contributed by atoms with E-state index in [1.54, 1.807) is 0 Å². The van der Waals surface area contributed by atoms with E-state index in [1.165, 1.54) is 0 Å². The smallest absolute Gasteiger partial charge is 0.322 e. The molecule has 1 N–H and O–H groups in total. The summed E-state index contributed by atoms with van der Waals surface area (Å²) in [6.07, 6.45) is 0. The van der Waals surface area contributed by atoms with Gasteiger partial charge >= 0.3 is 5.97 Å². The molecule has 3 nitrogen and oxygen atoms in total. The maximum atomic E-state index is 11.7. The molecule has 2 atom stereocenters. The van der Waals surface area contributed by atoms with Gasteiger partial charge in [0.05, 0.1) is 5.54 Å². The largest absolute Gasteiger partial charge is 0.480 e. The van der Waals surface area contributed by atoms with Crippen LogP contribution in [0.4, 0.5) is 0 Å². The van der Waals surface area contributed by atoms with Gasteiger partial charge in [0.1, 0.15) is 6.04 Å². The van der Waals surface area contributed by atoms with Crippen LogP contribution in [0.15, 0.2) is 91.0 Å². The van der Waals surface area contributed by atoms with Crippen molar-refractivity contribution in [3.05, 3.63) is 108 Å². The number of aliphatic carboxylic acids is 1. The molecule has 0 aromatic heterocycles. The fraction of sp³-hybridized carbons (Fsp3) is 0.136. The first-order valence-electron chi connectivity index (χ1n) is 8.40. The zero-order valence-electron chi connectivity index (χ0n) is 13.7. The number of rotatable bonds is 5. The molecule has 0 saturated carbocycles. The molecule has 1 unspecified atom stereocenters. The third kappa shape index (κ3) is 2.53. The Morgan fingerprint density at radius 3 is 1.40 bits per heavy atom. The van der Waals surface area contributed by atoms with E-state index in [9.17, 15) is 9.90 Å². The lowest BCUT2D eigenvalue weighted by atomic mass is 9.76. The predicted octanol–water partition coefficient (Wildman–Crippen LogP) is 3.75. The molecule has 4 rings (SSSR count). The number of nitrogens with zero attached hydrogens (tertiary/aromatic N) is 1. The summed E-state index contributed by atoms with van der Waals surface area (Å²) in [4.78, 5) is 13.7. The summed E-state index contributed by atoms with van der Waals surface area (Å²) in [5.41, 5.74) is 2.63. The van der Waals surface area contributed by atoms with E-state index in [1.807, 2.05) is 54.6 Å². The molecule has 1 fully saturated rings. The Morgan fingerprint density at radius 1 is 0.760 bits per heavy atom. The van der Waals surface area contributed by atoms with Crippen LogP contribution in [0.1, 0.15) is 16.7 Å². The summed E-state index contributed by atoms with van der Waals surface area (Å²) < 4.78 is 0. The lowest BCUT2D eigenvalue weighted by Gasteiger charge is -2.38. The number of benzene rings is 3. The van der Waals surface area contributed by atoms with Crippen molar-refractivity contribution in [2.75, 3.05) is 6.54 Å². The molecule has 3 aromatic rings. The highest BCUT2D eigenvalue weighted by atomic mass is 16.4. The molecule has 3 aromatic carbocycles. The fourth-order valence-electron chi connectivity index (χ4n) is 3.76. The van der Waals surface area contributed by atoms with Gasteiger partial charge in [-0.3, -0.25) is 9.69 Å². The Labute approximate surface area is 147 Å². The molecule has 3 heteroatoms. The van der Waals surface area contributed by atoms with Crippen LogP contribution >= 0.6 is 0 Å². The standard InChI is InChI=1S/C22H19NO2/c24-21(25)20-16-23(20)22(17-10-4-1-5-11-17,18-12-6-2-7-13-18)19-14-8-3-9-15-19/h1-15,20H,16H2,(H,24,25)/t20-,23?/m0/s1. The SMILES string of the molecule is O=C(O)[C@@H]1CN1C(c1ccccc1)(c1ccccc1)c1ccccc1. The van der Waals surface area contributed by atoms with Gasteiger partial charge in [0.2, 0.25) is 0 Å². The Hall–Kier alpha value is -2.91. The molecule has 0 bridgehead atoms. The van der Waals surface area contributed by atoms with E-state index in [4.69, 9.17) is 0 Å². The number of hydrogen-bond acceptors (Lipinski definition) is 2. The minimum absolute atomic E-state index is 0.472. The van der Waals surface area contributed by atoms with Crippen LogP contribution in [-0.2, 0) is 10.3 Å². The molecule has 1 heterocycles. The zero-order chi connectivity index (χ0) is 17.3. The maximum Gasteiger partial charge on any atom is 0.322 e. The third-order valence-electron chi connectivity index (χ3n) is 4.90. The third-order valence-corrected chi connectivity index (χ3v) is 4.90. The first kappa shape index (κ1) is 15.6. The summed E-state index contributed by atoms with van der Waals surface area (Å²) >= 11 is 0. The first-order chi connectivity index (χ1) is 12.2. The summed E-state index contributed by atoms with van der Waals surface area (Å²) in [6.45, 7) is 0.536. The number of carboxylic acids is 1. The van der Waals surface area contributed by atoms with Gasteiger partial charge in [0.25, 0.3) is 0 Å². The van der Waals surface area contributed by atoms with Crippen LogP contribution in [-0.4, -0.2) is 28.6 Å². The van der Waals surface area contributed by atoms with Gasteiger partial charge in [-0.15, -0.1) is 0 Å². The van der Waals surface area contributed by atoms with Crippen molar-refractivity contribution >= 4 is 5.97 Å². The Morgan fingerprint density at radius 2 is 1.12 bits per heavy atom. The van der Waals surface area contributed by atoms with Gasteiger partial charge < -0.3 is 5.11 Å². The van der Waals surface area contributed by atoms with Gasteiger partial charge in [0.15, 0.2) is 0 Å². The fourth-order valence-corrected chi connectivity index (χ4v) is 3.76. The number of carbonyl (C=O) groups is 1. The van der Waals surface area contributed by atoms with Crippen molar-refractivity contribution in [1.82, 2.24) is 4.90 Å². The van der Waals surface area contributed by atoms with Crippen LogP contribution in [0.25, 0.3) is 0 Å². The van der Waals surface area contributed by atoms with Gasteiger partial charge in [-0.2, -0.15) is 0 Å². The van der Waals surface area contributed by atoms with Crippen molar-refractivity contribution < 1.29 is 9.90 Å². The second-order valence-corrected chi connectivity index (χ2v) is 6.31. The van der Waals surface area contributed by atoms with E-state index in [0.29, 0.717) is 6.54 Å². The minimum atomic E-state index is -0.771. The van der Waals surface area contributed by atoms with E-state index in [-0.39, 0.29) is 0 Å². The van der Waals surface area contributed by atoms with Crippen LogP contribution < -0.4 is 0 Å². The van der Waals surface area contributed by atoms with E-state index in [0.717, 1.165) is 16.7 Å². The summed E-state index contributed by atoms with van der Waals surface area (Å²) in [6, 6.07) is 30.0. The van der Waals surface area contributed by atoms with Gasteiger partial charge in [-0.25, -0.2) is 0 Å². The monoisotopic (exact) mass is 329 g/mol. The highest BCUT2D eigenvalue weighted by molar-refractivity contribution is 5.78. The van der Waals surface area contributed by atoms with Crippen LogP contribution in [0.5, 0.6) is 0 Å². The van der Waals surface area contributed by atoms with Gasteiger partial charge in [-0.1, -0.05) is 91.0 Å². The quantitative estimate of drug-likeness (QED) is 0.572. The van der Waals surface area contributed by atoms with Crippen molar-refractivity contribution in [2.45, 2.75) is 11.6 Å². The Kier molecular flexibility index (Phi) is 3.86. The summed E-state index contributed by atoms with van der Waals surface area (Å²) in [5.74, 6) is -0.771. The van der Waals surface area contributed by atoms with Crippen molar-refractivity contribution in [1.29, 1.82) is 0 Å². The number of carboxylic acid groups (broad SMARTS) is 1. The average Bonchev–Trinajstić information content (AvgIpc) is 3.47. The van der Waals surface area contributed by atoms with Crippen LogP contribution in [0.2, 0.25) is 0 Å². The molecule has 1 saturated heterocycles. The second kappa shape index (κ2) is 6.19. The zero-order valence-corrected chi connectivity index (χ0v) is 13.7. The molecular formula is C22H19NO2. The predicted molar refractivity (Wildman–Crippen MR) is 97.3 cm³/mol. The molecular weight excluding hydrogens is 310 g/mol. The molecule has 25 heavy (non-hydrogen) atoms. The summed E-state index contributed by atoms with van der Waals surface area (Å²) in [7, 11) is 0. The summed E-state index contributed by atoms with van der Waals surface area (Å²) in [5, 5.41) is 9.59. The van der Waals surface area contributed by atoms with Gasteiger partial charge in [0, 0.05) is 6.54 Å². The molecule has 0 radical (unpaired) electrons. The van der Waals surface area contributed by atoms with E-state index in [2.05, 4.69) is 41.3 Å². The lowest BCUT2D eigenvalue weighted by Crippen LogP contribution is -2.40. The Bertz CT molecular complexity index is 766. The molecule has 0 aliphatic carbocycles. The highest BCUT2D eigenvalue weighted by Crippen LogP contribution is 2.48. The van der Waals surface area contributed by atoms with E-state index >= 15 is 0 Å². The molecule has 124 valence electrons. The average molecular weight is 329 g/mol. The maximum absolute atomic E-state index is 11.7. The topological polar surface area (TPSA) is 40.3 Å². The highest BCUT2D eigenvalue weighted by Gasteiger charge is 2.56. The normalized spacial score (nSPS) is 19.4. The Balaban J connectivity index is 2.01. The van der Waals surface area contributed by atoms with Crippen molar-refractivity contribution in [2.24, 2.45) is 0 Å². The van der Waals surface area contributed by atoms with Crippen molar-refractivity contribution in [3.63, 3.8) is 0 Å². The molecule has 0 amide bonds. The molecule has 0 spiro atoms. The lowest BCUT2D eigenvalue weighted by molar-refractivity contribution is -0.137.